The van der Waals surface area contributed by atoms with E-state index >= 15 is 0 Å². The molecular formula is C29H29ClN4OS. The smallest absolute Gasteiger partial charge is 0.225 e. The predicted octanol–water partition coefficient (Wildman–Crippen LogP) is 6.10. The Hall–Kier alpha value is -3.22. The average Bonchev–Trinajstić information content (AvgIpc) is 3.39. The van der Waals surface area contributed by atoms with E-state index in [1.54, 1.807) is 0 Å². The summed E-state index contributed by atoms with van der Waals surface area (Å²) < 4.78 is 4.57. The fourth-order valence-electron chi connectivity index (χ4n) is 4.67. The summed E-state index contributed by atoms with van der Waals surface area (Å²) in [6.45, 7) is 1.56. The Morgan fingerprint density at radius 1 is 1.00 bits per heavy atom. The molecule has 0 spiro atoms. The molecule has 1 aliphatic rings. The third kappa shape index (κ3) is 6.31. The van der Waals surface area contributed by atoms with Crippen molar-refractivity contribution in [1.82, 2.24) is 14.7 Å². The zero-order valence-corrected chi connectivity index (χ0v) is 21.6. The molecular weight excluding hydrogens is 488 g/mol. The number of carbonyl (C=O) groups is 1. The fourth-order valence-corrected chi connectivity index (χ4v) is 5.52. The van der Waals surface area contributed by atoms with Crippen LogP contribution < -0.4 is 10.2 Å². The van der Waals surface area contributed by atoms with Crippen molar-refractivity contribution >= 4 is 34.2 Å². The maximum atomic E-state index is 13.4. The molecule has 3 aromatic carbocycles. The molecule has 4 aromatic rings. The van der Waals surface area contributed by atoms with Crippen LogP contribution in [0.3, 0.4) is 0 Å². The van der Waals surface area contributed by atoms with E-state index in [1.807, 2.05) is 60.7 Å². The molecule has 1 aliphatic heterocycles. The van der Waals surface area contributed by atoms with E-state index in [2.05, 4.69) is 38.9 Å². The Bertz CT molecular complexity index is 1260. The number of amides is 1. The minimum atomic E-state index is -0.0793. The lowest BCUT2D eigenvalue weighted by Crippen LogP contribution is -2.44. The third-order valence-electron chi connectivity index (χ3n) is 6.60. The molecule has 7 heteroatoms. The highest BCUT2D eigenvalue weighted by Crippen LogP contribution is 2.27. The van der Waals surface area contributed by atoms with Crippen molar-refractivity contribution in [3.05, 3.63) is 112 Å². The maximum absolute atomic E-state index is 13.4. The van der Waals surface area contributed by atoms with Crippen LogP contribution in [-0.4, -0.2) is 28.4 Å². The standard InChI is InChI=1S/C29H29ClN4OS/c30-25-15-13-22(14-16-25)19-27-32-29(36-33-27)34-17-7-12-24(20-34)28(35)31-26(23-10-5-2-6-11-23)18-21-8-3-1-4-9-21/h1-6,8-11,13-16,24,26H,7,12,17-20H2,(H,31,35). The molecule has 2 unspecified atom stereocenters. The first-order chi connectivity index (χ1) is 17.6. The van der Waals surface area contributed by atoms with E-state index in [-0.39, 0.29) is 17.9 Å². The quantitative estimate of drug-likeness (QED) is 0.307. The molecule has 36 heavy (non-hydrogen) atoms. The summed E-state index contributed by atoms with van der Waals surface area (Å²) in [4.78, 5) is 20.4. The zero-order chi connectivity index (χ0) is 24.7. The van der Waals surface area contributed by atoms with Gasteiger partial charge in [-0.3, -0.25) is 4.79 Å². The molecule has 0 aliphatic carbocycles. The Labute approximate surface area is 221 Å². The van der Waals surface area contributed by atoms with Crippen LogP contribution in [0.2, 0.25) is 5.02 Å². The number of benzene rings is 3. The molecule has 1 fully saturated rings. The molecule has 1 aromatic heterocycles. The number of piperidine rings is 1. The second-order valence-corrected chi connectivity index (χ2v) is 10.4. The van der Waals surface area contributed by atoms with Crippen molar-refractivity contribution in [2.24, 2.45) is 5.92 Å². The van der Waals surface area contributed by atoms with E-state index < -0.39 is 0 Å². The van der Waals surface area contributed by atoms with Gasteiger partial charge in [-0.2, -0.15) is 4.37 Å². The van der Waals surface area contributed by atoms with Crippen LogP contribution in [0, 0.1) is 5.92 Å². The molecule has 0 radical (unpaired) electrons. The van der Waals surface area contributed by atoms with Gasteiger partial charge < -0.3 is 10.2 Å². The van der Waals surface area contributed by atoms with Gasteiger partial charge in [0.05, 0.1) is 12.0 Å². The second-order valence-electron chi connectivity index (χ2n) is 9.24. The van der Waals surface area contributed by atoms with Gasteiger partial charge in [-0.15, -0.1) is 0 Å². The normalized spacial score (nSPS) is 16.5. The maximum Gasteiger partial charge on any atom is 0.225 e. The Balaban J connectivity index is 1.24. The summed E-state index contributed by atoms with van der Waals surface area (Å²) in [6, 6.07) is 28.3. The number of halogens is 1. The van der Waals surface area contributed by atoms with Crippen LogP contribution in [0.4, 0.5) is 5.13 Å². The fraction of sp³-hybridized carbons (Fsp3) is 0.276. The van der Waals surface area contributed by atoms with Gasteiger partial charge in [-0.05, 0) is 48.1 Å². The lowest BCUT2D eigenvalue weighted by atomic mass is 9.94. The summed E-state index contributed by atoms with van der Waals surface area (Å²) >= 11 is 7.41. The lowest BCUT2D eigenvalue weighted by Gasteiger charge is -2.32. The first-order valence-corrected chi connectivity index (χ1v) is 13.5. The number of rotatable bonds is 8. The van der Waals surface area contributed by atoms with E-state index in [9.17, 15) is 4.79 Å². The van der Waals surface area contributed by atoms with Gasteiger partial charge in [-0.25, -0.2) is 4.98 Å². The predicted molar refractivity (Wildman–Crippen MR) is 147 cm³/mol. The summed E-state index contributed by atoms with van der Waals surface area (Å²) in [7, 11) is 0. The highest BCUT2D eigenvalue weighted by Gasteiger charge is 2.29. The lowest BCUT2D eigenvalue weighted by molar-refractivity contribution is -0.126. The first kappa shape index (κ1) is 24.5. The summed E-state index contributed by atoms with van der Waals surface area (Å²) in [5, 5.41) is 4.97. The van der Waals surface area contributed by atoms with Crippen molar-refractivity contribution in [3.63, 3.8) is 0 Å². The molecule has 2 heterocycles. The topological polar surface area (TPSA) is 58.1 Å². The second kappa shape index (κ2) is 11.7. The third-order valence-corrected chi connectivity index (χ3v) is 7.66. The molecule has 0 saturated carbocycles. The van der Waals surface area contributed by atoms with Gasteiger partial charge in [-0.1, -0.05) is 84.4 Å². The summed E-state index contributed by atoms with van der Waals surface area (Å²) in [5.41, 5.74) is 3.46. The summed E-state index contributed by atoms with van der Waals surface area (Å²) in [5.74, 6) is 0.829. The van der Waals surface area contributed by atoms with Gasteiger partial charge in [0.2, 0.25) is 11.0 Å². The van der Waals surface area contributed by atoms with Crippen LogP contribution in [0.25, 0.3) is 0 Å². The van der Waals surface area contributed by atoms with Gasteiger partial charge in [0.15, 0.2) is 0 Å². The van der Waals surface area contributed by atoms with Gasteiger partial charge in [0.1, 0.15) is 5.82 Å². The van der Waals surface area contributed by atoms with Crippen molar-refractivity contribution in [1.29, 1.82) is 0 Å². The molecule has 5 nitrogen and oxygen atoms in total. The zero-order valence-electron chi connectivity index (χ0n) is 20.0. The van der Waals surface area contributed by atoms with Crippen molar-refractivity contribution in [2.45, 2.75) is 31.7 Å². The Morgan fingerprint density at radius 3 is 2.47 bits per heavy atom. The molecule has 1 saturated heterocycles. The number of hydrogen-bond acceptors (Lipinski definition) is 5. The molecule has 0 bridgehead atoms. The van der Waals surface area contributed by atoms with Gasteiger partial charge in [0, 0.05) is 36.1 Å². The SMILES string of the molecule is O=C(NC(Cc1ccccc1)c1ccccc1)C1CCCN(c2nc(Cc3ccc(Cl)cc3)ns2)C1. The van der Waals surface area contributed by atoms with Crippen LogP contribution in [0.5, 0.6) is 0 Å². The van der Waals surface area contributed by atoms with Crippen LogP contribution in [-0.2, 0) is 17.6 Å². The first-order valence-electron chi connectivity index (χ1n) is 12.4. The molecule has 5 rings (SSSR count). The van der Waals surface area contributed by atoms with Gasteiger partial charge >= 0.3 is 0 Å². The average molecular weight is 517 g/mol. The van der Waals surface area contributed by atoms with E-state index in [1.165, 1.54) is 17.1 Å². The monoisotopic (exact) mass is 516 g/mol. The van der Waals surface area contributed by atoms with Gasteiger partial charge in [0.25, 0.3) is 0 Å². The van der Waals surface area contributed by atoms with Crippen LogP contribution >= 0.6 is 23.1 Å². The summed E-state index contributed by atoms with van der Waals surface area (Å²) in [6.07, 6.45) is 3.27. The minimum Gasteiger partial charge on any atom is -0.349 e. The number of nitrogens with zero attached hydrogens (tertiary/aromatic N) is 3. The number of carbonyl (C=O) groups excluding carboxylic acids is 1. The highest BCUT2D eigenvalue weighted by atomic mass is 35.5. The molecule has 1 N–H and O–H groups in total. The molecule has 184 valence electrons. The van der Waals surface area contributed by atoms with Crippen molar-refractivity contribution in [2.75, 3.05) is 18.0 Å². The Kier molecular flexibility index (Phi) is 7.94. The largest absolute Gasteiger partial charge is 0.349 e. The number of nitrogens with one attached hydrogen (secondary N) is 1. The number of aromatic nitrogens is 2. The van der Waals surface area contributed by atoms with Crippen molar-refractivity contribution < 1.29 is 4.79 Å². The molecule has 2 atom stereocenters. The van der Waals surface area contributed by atoms with E-state index in [4.69, 9.17) is 16.6 Å². The van der Waals surface area contributed by atoms with Crippen LogP contribution in [0.1, 0.15) is 41.4 Å². The number of anilines is 1. The van der Waals surface area contributed by atoms with E-state index in [0.29, 0.717) is 13.0 Å². The van der Waals surface area contributed by atoms with Crippen molar-refractivity contribution in [3.8, 4) is 0 Å². The van der Waals surface area contributed by atoms with Crippen LogP contribution in [0.15, 0.2) is 84.9 Å². The Morgan fingerprint density at radius 2 is 1.72 bits per heavy atom. The highest BCUT2D eigenvalue weighted by molar-refractivity contribution is 7.09. The van der Waals surface area contributed by atoms with E-state index in [0.717, 1.165) is 52.9 Å². The molecule has 1 amide bonds. The minimum absolute atomic E-state index is 0.0658. The number of hydrogen-bond donors (Lipinski definition) is 1.